The topological polar surface area (TPSA) is 46.5 Å². The van der Waals surface area contributed by atoms with Crippen LogP contribution in [0.4, 0.5) is 0 Å². The summed E-state index contributed by atoms with van der Waals surface area (Å²) in [7, 11) is 0. The van der Waals surface area contributed by atoms with Crippen LogP contribution in [0.2, 0.25) is 0 Å². The maximum absolute atomic E-state index is 11.7. The molecule has 0 bridgehead atoms. The molecule has 146 valence electrons. The molecule has 0 radical (unpaired) electrons. The van der Waals surface area contributed by atoms with Crippen molar-refractivity contribution in [3.63, 3.8) is 0 Å². The van der Waals surface area contributed by atoms with E-state index in [1.54, 1.807) is 0 Å². The molecule has 3 heteroatoms. The minimum Gasteiger partial charge on any atom is -0.461 e. The number of hydrogen-bond acceptors (Lipinski definition) is 3. The Bertz CT molecular complexity index is 392. The number of carbonyl (C=O) groups excluding carboxylic acids is 1. The first kappa shape index (κ1) is 23.9. The summed E-state index contributed by atoms with van der Waals surface area (Å²) in [6.07, 6.45) is 15.0. The summed E-state index contributed by atoms with van der Waals surface area (Å²) in [4.78, 5) is 11.7. The number of aliphatic hydroxyl groups excluding tert-OH is 1. The monoisotopic (exact) mass is 352 g/mol. The highest BCUT2D eigenvalue weighted by Gasteiger charge is 2.11. The lowest BCUT2D eigenvalue weighted by molar-refractivity contribution is -0.144. The second-order valence-corrected chi connectivity index (χ2v) is 7.32. The van der Waals surface area contributed by atoms with Crippen LogP contribution >= 0.6 is 0 Å². The Balaban J connectivity index is 3.68. The number of rotatable bonds is 15. The zero-order valence-corrected chi connectivity index (χ0v) is 17.0. The minimum atomic E-state index is -0.564. The molecule has 3 nitrogen and oxygen atoms in total. The third kappa shape index (κ3) is 17.5. The quantitative estimate of drug-likeness (QED) is 0.219. The van der Waals surface area contributed by atoms with Gasteiger partial charge in [0.2, 0.25) is 0 Å². The molecule has 0 aliphatic carbocycles. The van der Waals surface area contributed by atoms with Crippen LogP contribution in [0.25, 0.3) is 0 Å². The molecule has 0 amide bonds. The lowest BCUT2D eigenvalue weighted by Crippen LogP contribution is -2.15. The first-order valence-corrected chi connectivity index (χ1v) is 10.1. The largest absolute Gasteiger partial charge is 0.461 e. The maximum Gasteiger partial charge on any atom is 0.308 e. The van der Waals surface area contributed by atoms with Gasteiger partial charge in [-0.05, 0) is 46.1 Å². The fraction of sp³-hybridized carbons (Fsp3) is 0.773. The molecule has 0 aliphatic heterocycles. The number of allylic oxidation sites excluding steroid dienone is 3. The van der Waals surface area contributed by atoms with E-state index in [-0.39, 0.29) is 12.4 Å². The summed E-state index contributed by atoms with van der Waals surface area (Å²) in [6, 6.07) is 0. The molecule has 0 aliphatic rings. The molecule has 0 saturated heterocycles. The van der Waals surface area contributed by atoms with Crippen molar-refractivity contribution in [3.05, 3.63) is 23.3 Å². The van der Waals surface area contributed by atoms with Crippen molar-refractivity contribution < 1.29 is 14.6 Å². The van der Waals surface area contributed by atoms with E-state index in [4.69, 9.17) is 4.74 Å². The van der Waals surface area contributed by atoms with Crippen LogP contribution in [0, 0.1) is 0 Å². The summed E-state index contributed by atoms with van der Waals surface area (Å²) >= 11 is 0. The molecule has 0 saturated carbocycles. The highest BCUT2D eigenvalue weighted by atomic mass is 16.5. The molecule has 25 heavy (non-hydrogen) atoms. The van der Waals surface area contributed by atoms with E-state index in [2.05, 4.69) is 33.8 Å². The van der Waals surface area contributed by atoms with Crippen LogP contribution < -0.4 is 0 Å². The van der Waals surface area contributed by atoms with Crippen molar-refractivity contribution in [1.82, 2.24) is 0 Å². The molecule has 1 unspecified atom stereocenters. The Hall–Kier alpha value is -1.09. The van der Waals surface area contributed by atoms with Gasteiger partial charge in [0.05, 0.1) is 12.5 Å². The second-order valence-electron chi connectivity index (χ2n) is 7.32. The second kappa shape index (κ2) is 16.4. The zero-order chi connectivity index (χ0) is 18.9. The fourth-order valence-electron chi connectivity index (χ4n) is 2.66. The van der Waals surface area contributed by atoms with Crippen LogP contribution in [0.15, 0.2) is 23.3 Å². The molecule has 0 aromatic rings. The lowest BCUT2D eigenvalue weighted by atomic mass is 10.1. The SMILES string of the molecule is CCCCCCCCCC(O)CC(=O)OCC=C(C)CCC=C(C)C. The van der Waals surface area contributed by atoms with Crippen LogP contribution in [-0.2, 0) is 9.53 Å². The van der Waals surface area contributed by atoms with E-state index in [0.717, 1.165) is 25.7 Å². The van der Waals surface area contributed by atoms with E-state index in [1.807, 2.05) is 6.08 Å². The van der Waals surface area contributed by atoms with Crippen molar-refractivity contribution in [2.24, 2.45) is 0 Å². The third-order valence-corrected chi connectivity index (χ3v) is 4.31. The molecule has 0 spiro atoms. The highest BCUT2D eigenvalue weighted by Crippen LogP contribution is 2.11. The lowest BCUT2D eigenvalue weighted by Gasteiger charge is -2.10. The molecule has 0 fully saturated rings. The predicted octanol–water partition coefficient (Wildman–Crippen LogP) is 6.11. The fourth-order valence-corrected chi connectivity index (χ4v) is 2.66. The number of esters is 1. The van der Waals surface area contributed by atoms with Gasteiger partial charge >= 0.3 is 5.97 Å². The Morgan fingerprint density at radius 1 is 1.00 bits per heavy atom. The first-order valence-electron chi connectivity index (χ1n) is 10.1. The van der Waals surface area contributed by atoms with E-state index in [0.29, 0.717) is 13.0 Å². The number of unbranched alkanes of at least 4 members (excludes halogenated alkanes) is 6. The average molecular weight is 353 g/mol. The molecule has 1 N–H and O–H groups in total. The van der Waals surface area contributed by atoms with Gasteiger partial charge in [0.25, 0.3) is 0 Å². The van der Waals surface area contributed by atoms with Gasteiger partial charge in [0, 0.05) is 0 Å². The Morgan fingerprint density at radius 2 is 1.64 bits per heavy atom. The Morgan fingerprint density at radius 3 is 2.28 bits per heavy atom. The van der Waals surface area contributed by atoms with E-state index >= 15 is 0 Å². The van der Waals surface area contributed by atoms with Gasteiger partial charge in [-0.3, -0.25) is 4.79 Å². The number of hydrogen-bond donors (Lipinski definition) is 1. The molecular weight excluding hydrogens is 312 g/mol. The Labute approximate surface area is 155 Å². The molecule has 0 heterocycles. The molecule has 0 aromatic carbocycles. The van der Waals surface area contributed by atoms with Gasteiger partial charge in [-0.25, -0.2) is 0 Å². The van der Waals surface area contributed by atoms with Crippen molar-refractivity contribution in [1.29, 1.82) is 0 Å². The molecule has 0 rings (SSSR count). The van der Waals surface area contributed by atoms with Crippen LogP contribution in [0.1, 0.15) is 98.3 Å². The summed E-state index contributed by atoms with van der Waals surface area (Å²) in [5.74, 6) is -0.302. The van der Waals surface area contributed by atoms with Gasteiger partial charge in [-0.2, -0.15) is 0 Å². The van der Waals surface area contributed by atoms with Crippen LogP contribution in [0.3, 0.4) is 0 Å². The van der Waals surface area contributed by atoms with Gasteiger partial charge in [0.1, 0.15) is 6.61 Å². The molecule has 0 aromatic heterocycles. The van der Waals surface area contributed by atoms with Crippen LogP contribution in [-0.4, -0.2) is 23.8 Å². The zero-order valence-electron chi connectivity index (χ0n) is 17.0. The van der Waals surface area contributed by atoms with E-state index < -0.39 is 6.10 Å². The summed E-state index contributed by atoms with van der Waals surface area (Å²) in [5.41, 5.74) is 2.56. The highest BCUT2D eigenvalue weighted by molar-refractivity contribution is 5.70. The summed E-state index contributed by atoms with van der Waals surface area (Å²) in [6.45, 7) is 8.78. The van der Waals surface area contributed by atoms with Gasteiger partial charge in [-0.15, -0.1) is 0 Å². The standard InChI is InChI=1S/C22H40O3/c1-5-6-7-8-9-10-11-15-21(23)18-22(24)25-17-16-20(4)14-12-13-19(2)3/h13,16,21,23H,5-12,14-15,17-18H2,1-4H3. The normalized spacial score (nSPS) is 12.8. The van der Waals surface area contributed by atoms with Crippen molar-refractivity contribution in [2.45, 2.75) is 104 Å². The molecule has 1 atom stereocenters. The number of carbonyl (C=O) groups is 1. The summed E-state index contributed by atoms with van der Waals surface area (Å²) < 4.78 is 5.19. The Kier molecular flexibility index (Phi) is 15.7. The minimum absolute atomic E-state index is 0.112. The van der Waals surface area contributed by atoms with Gasteiger partial charge in [-0.1, -0.05) is 69.1 Å². The van der Waals surface area contributed by atoms with E-state index in [9.17, 15) is 9.90 Å². The molecular formula is C22H40O3. The van der Waals surface area contributed by atoms with E-state index in [1.165, 1.54) is 43.3 Å². The maximum atomic E-state index is 11.7. The van der Waals surface area contributed by atoms with Gasteiger partial charge < -0.3 is 9.84 Å². The van der Waals surface area contributed by atoms with Gasteiger partial charge in [0.15, 0.2) is 0 Å². The predicted molar refractivity (Wildman–Crippen MR) is 107 cm³/mol. The van der Waals surface area contributed by atoms with Crippen molar-refractivity contribution in [2.75, 3.05) is 6.61 Å². The summed E-state index contributed by atoms with van der Waals surface area (Å²) in [5, 5.41) is 9.91. The van der Waals surface area contributed by atoms with Crippen LogP contribution in [0.5, 0.6) is 0 Å². The van der Waals surface area contributed by atoms with Crippen molar-refractivity contribution >= 4 is 5.97 Å². The van der Waals surface area contributed by atoms with Crippen molar-refractivity contribution in [3.8, 4) is 0 Å². The third-order valence-electron chi connectivity index (χ3n) is 4.31. The number of aliphatic hydroxyl groups is 1. The number of ether oxygens (including phenoxy) is 1. The average Bonchev–Trinajstić information content (AvgIpc) is 2.53. The smallest absolute Gasteiger partial charge is 0.308 e. The first-order chi connectivity index (χ1) is 12.0.